The van der Waals surface area contributed by atoms with E-state index in [0.717, 1.165) is 0 Å². The van der Waals surface area contributed by atoms with Crippen LogP contribution >= 0.6 is 0 Å². The van der Waals surface area contributed by atoms with Crippen molar-refractivity contribution in [1.29, 1.82) is 0 Å². The highest BCUT2D eigenvalue weighted by atomic mass is 16.4. The zero-order valence-corrected chi connectivity index (χ0v) is 10.6. The summed E-state index contributed by atoms with van der Waals surface area (Å²) >= 11 is 0. The van der Waals surface area contributed by atoms with Crippen LogP contribution in [0.4, 0.5) is 0 Å². The summed E-state index contributed by atoms with van der Waals surface area (Å²) in [6.45, 7) is 5.13. The lowest BCUT2D eigenvalue weighted by Crippen LogP contribution is -2.44. The van der Waals surface area contributed by atoms with E-state index in [1.807, 2.05) is 0 Å². The summed E-state index contributed by atoms with van der Waals surface area (Å²) in [4.78, 5) is 22.9. The summed E-state index contributed by atoms with van der Waals surface area (Å²) in [5.41, 5.74) is 0.958. The van der Waals surface area contributed by atoms with E-state index in [-0.39, 0.29) is 11.7 Å². The number of aryl methyl sites for hydroxylation is 1. The Labute approximate surface area is 105 Å². The molecule has 1 atom stereocenters. The number of amides is 1. The number of carboxylic acids is 1. The monoisotopic (exact) mass is 251 g/mol. The molecule has 0 fully saturated rings. The number of nitrogens with one attached hydrogen (secondary N) is 1. The van der Waals surface area contributed by atoms with Gasteiger partial charge in [0, 0.05) is 5.56 Å². The maximum Gasteiger partial charge on any atom is 0.326 e. The third-order valence-electron chi connectivity index (χ3n) is 2.67. The van der Waals surface area contributed by atoms with Gasteiger partial charge in [-0.2, -0.15) is 0 Å². The number of rotatable bonds is 4. The largest absolute Gasteiger partial charge is 0.508 e. The Morgan fingerprint density at radius 3 is 2.33 bits per heavy atom. The molecular weight excluding hydrogens is 234 g/mol. The van der Waals surface area contributed by atoms with Gasteiger partial charge in [-0.15, -0.1) is 0 Å². The average molecular weight is 251 g/mol. The Hall–Kier alpha value is -2.04. The van der Waals surface area contributed by atoms with Crippen molar-refractivity contribution >= 4 is 11.9 Å². The number of hydrogen-bond acceptors (Lipinski definition) is 3. The molecule has 18 heavy (non-hydrogen) atoms. The zero-order chi connectivity index (χ0) is 13.9. The van der Waals surface area contributed by atoms with Gasteiger partial charge in [0.25, 0.3) is 5.91 Å². The van der Waals surface area contributed by atoms with Crippen LogP contribution in [0.5, 0.6) is 5.75 Å². The topological polar surface area (TPSA) is 86.6 Å². The standard InChI is InChI=1S/C13H17NO4/c1-7(2)11(13(17)18)14-12(16)10-5-4-9(15)6-8(10)3/h4-7,11,15H,1-3H3,(H,14,16)(H,17,18)/t11-/m0/s1. The molecule has 5 heteroatoms. The predicted molar refractivity (Wildman–Crippen MR) is 66.6 cm³/mol. The molecule has 98 valence electrons. The lowest BCUT2D eigenvalue weighted by Gasteiger charge is -2.18. The smallest absolute Gasteiger partial charge is 0.326 e. The van der Waals surface area contributed by atoms with E-state index in [0.29, 0.717) is 11.1 Å². The molecule has 1 aromatic rings. The summed E-state index contributed by atoms with van der Waals surface area (Å²) in [5, 5.41) is 20.7. The Kier molecular flexibility index (Phi) is 4.31. The second-order valence-corrected chi connectivity index (χ2v) is 4.53. The Balaban J connectivity index is 2.91. The molecule has 0 unspecified atom stereocenters. The van der Waals surface area contributed by atoms with Crippen molar-refractivity contribution in [3.63, 3.8) is 0 Å². The highest BCUT2D eigenvalue weighted by molar-refractivity contribution is 5.98. The Morgan fingerprint density at radius 1 is 1.28 bits per heavy atom. The van der Waals surface area contributed by atoms with E-state index in [4.69, 9.17) is 5.11 Å². The first-order valence-corrected chi connectivity index (χ1v) is 5.66. The molecule has 1 rings (SSSR count). The van der Waals surface area contributed by atoms with Crippen LogP contribution in [0.15, 0.2) is 18.2 Å². The number of benzene rings is 1. The molecule has 0 saturated carbocycles. The second kappa shape index (κ2) is 5.53. The summed E-state index contributed by atoms with van der Waals surface area (Å²) in [6, 6.07) is 3.40. The molecular formula is C13H17NO4. The first-order valence-electron chi connectivity index (χ1n) is 5.66. The van der Waals surface area contributed by atoms with E-state index >= 15 is 0 Å². The fraction of sp³-hybridized carbons (Fsp3) is 0.385. The van der Waals surface area contributed by atoms with Crippen molar-refractivity contribution in [3.8, 4) is 5.75 Å². The molecule has 5 nitrogen and oxygen atoms in total. The summed E-state index contributed by atoms with van der Waals surface area (Å²) < 4.78 is 0. The summed E-state index contributed by atoms with van der Waals surface area (Å²) in [5.74, 6) is -1.64. The number of phenolic OH excluding ortho intramolecular Hbond substituents is 1. The SMILES string of the molecule is Cc1cc(O)ccc1C(=O)N[C@H](C(=O)O)C(C)C. The third-order valence-corrected chi connectivity index (χ3v) is 2.67. The number of phenols is 1. The average Bonchev–Trinajstić information content (AvgIpc) is 2.24. The minimum atomic E-state index is -1.06. The van der Waals surface area contributed by atoms with Crippen molar-refractivity contribution in [2.75, 3.05) is 0 Å². The van der Waals surface area contributed by atoms with Crippen LogP contribution < -0.4 is 5.32 Å². The number of aliphatic carboxylic acids is 1. The third kappa shape index (κ3) is 3.23. The van der Waals surface area contributed by atoms with Crippen molar-refractivity contribution in [3.05, 3.63) is 29.3 Å². The van der Waals surface area contributed by atoms with E-state index in [2.05, 4.69) is 5.32 Å². The lowest BCUT2D eigenvalue weighted by molar-refractivity contribution is -0.140. The van der Waals surface area contributed by atoms with Gasteiger partial charge in [0.05, 0.1) is 0 Å². The normalized spacial score (nSPS) is 12.2. The molecule has 0 bridgehead atoms. The fourth-order valence-corrected chi connectivity index (χ4v) is 1.64. The van der Waals surface area contributed by atoms with E-state index in [1.165, 1.54) is 18.2 Å². The van der Waals surface area contributed by atoms with Gasteiger partial charge in [-0.05, 0) is 36.6 Å². The number of carbonyl (C=O) groups excluding carboxylic acids is 1. The highest BCUT2D eigenvalue weighted by Crippen LogP contribution is 2.16. The molecule has 1 aromatic carbocycles. The molecule has 0 saturated heterocycles. The molecule has 0 heterocycles. The van der Waals surface area contributed by atoms with Crippen LogP contribution in [-0.4, -0.2) is 28.1 Å². The molecule has 0 aliphatic carbocycles. The first-order chi connectivity index (χ1) is 8.32. The van der Waals surface area contributed by atoms with E-state index < -0.39 is 17.9 Å². The van der Waals surface area contributed by atoms with Gasteiger partial charge in [-0.25, -0.2) is 4.79 Å². The van der Waals surface area contributed by atoms with Crippen molar-refractivity contribution in [2.24, 2.45) is 5.92 Å². The molecule has 0 spiro atoms. The number of aromatic hydroxyl groups is 1. The highest BCUT2D eigenvalue weighted by Gasteiger charge is 2.24. The predicted octanol–water partition coefficient (Wildman–Crippen LogP) is 1.54. The lowest BCUT2D eigenvalue weighted by atomic mass is 10.0. The summed E-state index contributed by atoms with van der Waals surface area (Å²) in [7, 11) is 0. The van der Waals surface area contributed by atoms with E-state index in [1.54, 1.807) is 20.8 Å². The van der Waals surface area contributed by atoms with Crippen LogP contribution in [0, 0.1) is 12.8 Å². The summed E-state index contributed by atoms with van der Waals surface area (Å²) in [6.07, 6.45) is 0. The van der Waals surface area contributed by atoms with Crippen molar-refractivity contribution < 1.29 is 19.8 Å². The zero-order valence-electron chi connectivity index (χ0n) is 10.6. The van der Waals surface area contributed by atoms with Gasteiger partial charge in [0.15, 0.2) is 0 Å². The minimum Gasteiger partial charge on any atom is -0.508 e. The minimum absolute atomic E-state index is 0.0719. The van der Waals surface area contributed by atoms with Gasteiger partial charge in [0.2, 0.25) is 0 Å². The van der Waals surface area contributed by atoms with Crippen molar-refractivity contribution in [1.82, 2.24) is 5.32 Å². The maximum atomic E-state index is 11.9. The number of carboxylic acid groups (broad SMARTS) is 1. The molecule has 1 amide bonds. The Bertz CT molecular complexity index is 468. The van der Waals surface area contributed by atoms with Gasteiger partial charge < -0.3 is 15.5 Å². The Morgan fingerprint density at radius 2 is 1.89 bits per heavy atom. The second-order valence-electron chi connectivity index (χ2n) is 4.53. The van der Waals surface area contributed by atoms with Crippen LogP contribution in [-0.2, 0) is 4.79 Å². The molecule has 3 N–H and O–H groups in total. The number of hydrogen-bond donors (Lipinski definition) is 3. The van der Waals surface area contributed by atoms with Crippen LogP contribution in [0.3, 0.4) is 0 Å². The van der Waals surface area contributed by atoms with Crippen molar-refractivity contribution in [2.45, 2.75) is 26.8 Å². The maximum absolute atomic E-state index is 11.9. The van der Waals surface area contributed by atoms with Gasteiger partial charge in [-0.3, -0.25) is 4.79 Å². The van der Waals surface area contributed by atoms with Gasteiger partial charge in [0.1, 0.15) is 11.8 Å². The van der Waals surface area contributed by atoms with Gasteiger partial charge >= 0.3 is 5.97 Å². The van der Waals surface area contributed by atoms with Crippen LogP contribution in [0.2, 0.25) is 0 Å². The molecule has 0 aliphatic rings. The quantitative estimate of drug-likeness (QED) is 0.757. The van der Waals surface area contributed by atoms with Crippen LogP contribution in [0.1, 0.15) is 29.8 Å². The van der Waals surface area contributed by atoms with Gasteiger partial charge in [-0.1, -0.05) is 13.8 Å². The molecule has 0 aliphatic heterocycles. The molecule has 0 aromatic heterocycles. The van der Waals surface area contributed by atoms with E-state index in [9.17, 15) is 14.7 Å². The molecule has 0 radical (unpaired) electrons. The van der Waals surface area contributed by atoms with Crippen LogP contribution in [0.25, 0.3) is 0 Å². The number of carbonyl (C=O) groups is 2. The fourth-order valence-electron chi connectivity index (χ4n) is 1.64. The first kappa shape index (κ1) is 14.0.